The molecule has 0 aromatic heterocycles. The lowest BCUT2D eigenvalue weighted by molar-refractivity contribution is 0.435. The molecular formula is C16H16BrClN2. The fourth-order valence-electron chi connectivity index (χ4n) is 2.93. The zero-order valence-corrected chi connectivity index (χ0v) is 13.3. The molecule has 1 aliphatic rings. The third-order valence-electron chi connectivity index (χ3n) is 3.97. The number of benzene rings is 2. The first-order valence-electron chi connectivity index (χ1n) is 6.67. The van der Waals surface area contributed by atoms with Crippen LogP contribution >= 0.6 is 27.5 Å². The summed E-state index contributed by atoms with van der Waals surface area (Å²) in [5.74, 6) is 6.32. The number of hydrazine groups is 1. The van der Waals surface area contributed by atoms with Crippen LogP contribution in [0.2, 0.25) is 5.02 Å². The molecule has 2 aromatic rings. The highest BCUT2D eigenvalue weighted by molar-refractivity contribution is 9.10. The van der Waals surface area contributed by atoms with Crippen LogP contribution in [0.1, 0.15) is 35.1 Å². The summed E-state index contributed by atoms with van der Waals surface area (Å²) in [5.41, 5.74) is 6.96. The van der Waals surface area contributed by atoms with Crippen molar-refractivity contribution in [3.8, 4) is 0 Å². The van der Waals surface area contributed by atoms with Crippen LogP contribution < -0.4 is 11.3 Å². The van der Waals surface area contributed by atoms with E-state index in [4.69, 9.17) is 17.4 Å². The van der Waals surface area contributed by atoms with Crippen LogP contribution in [-0.4, -0.2) is 0 Å². The van der Waals surface area contributed by atoms with Crippen LogP contribution in [-0.2, 0) is 6.42 Å². The Morgan fingerprint density at radius 2 is 2.10 bits per heavy atom. The molecule has 0 radical (unpaired) electrons. The maximum absolute atomic E-state index is 6.12. The lowest BCUT2D eigenvalue weighted by Crippen LogP contribution is -2.31. The van der Waals surface area contributed by atoms with Crippen LogP contribution in [0.25, 0.3) is 0 Å². The highest BCUT2D eigenvalue weighted by Crippen LogP contribution is 2.41. The first kappa shape index (κ1) is 14.1. The fraction of sp³-hybridized carbons (Fsp3) is 0.250. The Morgan fingerprint density at radius 1 is 1.30 bits per heavy atom. The zero-order valence-electron chi connectivity index (χ0n) is 10.9. The Balaban J connectivity index is 1.79. The number of nitrogens with two attached hydrogens (primary N) is 1. The number of nitrogens with one attached hydrogen (secondary N) is 1. The summed E-state index contributed by atoms with van der Waals surface area (Å²) in [7, 11) is 0. The van der Waals surface area contributed by atoms with E-state index in [1.165, 1.54) is 11.1 Å². The van der Waals surface area contributed by atoms with Crippen molar-refractivity contribution in [3.05, 3.63) is 68.7 Å². The number of hydrogen-bond donors (Lipinski definition) is 2. The number of halogens is 2. The van der Waals surface area contributed by atoms with Gasteiger partial charge in [0.15, 0.2) is 0 Å². The molecule has 0 saturated carbocycles. The molecule has 0 bridgehead atoms. The van der Waals surface area contributed by atoms with Gasteiger partial charge >= 0.3 is 0 Å². The summed E-state index contributed by atoms with van der Waals surface area (Å²) in [6.45, 7) is 0. The summed E-state index contributed by atoms with van der Waals surface area (Å²) in [6.07, 6.45) is 2.12. The van der Waals surface area contributed by atoms with Gasteiger partial charge < -0.3 is 0 Å². The molecule has 104 valence electrons. The second kappa shape index (κ2) is 5.86. The highest BCUT2D eigenvalue weighted by atomic mass is 79.9. The zero-order chi connectivity index (χ0) is 14.1. The summed E-state index contributed by atoms with van der Waals surface area (Å²) in [4.78, 5) is 0. The molecule has 2 nitrogen and oxygen atoms in total. The predicted molar refractivity (Wildman–Crippen MR) is 86.7 cm³/mol. The molecule has 1 aliphatic carbocycles. The minimum atomic E-state index is 0.114. The average molecular weight is 352 g/mol. The van der Waals surface area contributed by atoms with Gasteiger partial charge in [-0.05, 0) is 53.6 Å². The van der Waals surface area contributed by atoms with Crippen molar-refractivity contribution in [2.75, 3.05) is 0 Å². The van der Waals surface area contributed by atoms with Gasteiger partial charge in [-0.15, -0.1) is 0 Å². The van der Waals surface area contributed by atoms with Crippen LogP contribution in [0.5, 0.6) is 0 Å². The quantitative estimate of drug-likeness (QED) is 0.635. The van der Waals surface area contributed by atoms with Gasteiger partial charge in [-0.1, -0.05) is 51.8 Å². The fourth-order valence-corrected chi connectivity index (χ4v) is 3.82. The summed E-state index contributed by atoms with van der Waals surface area (Å²) >= 11 is 9.60. The van der Waals surface area contributed by atoms with Gasteiger partial charge in [0.2, 0.25) is 0 Å². The molecule has 0 spiro atoms. The molecule has 2 atom stereocenters. The topological polar surface area (TPSA) is 38.0 Å². The highest BCUT2D eigenvalue weighted by Gasteiger charge is 2.28. The molecule has 0 heterocycles. The van der Waals surface area contributed by atoms with Gasteiger partial charge in [0.1, 0.15) is 0 Å². The Morgan fingerprint density at radius 3 is 2.80 bits per heavy atom. The largest absolute Gasteiger partial charge is 0.271 e. The predicted octanol–water partition coefficient (Wildman–Crippen LogP) is 4.34. The van der Waals surface area contributed by atoms with E-state index in [0.717, 1.165) is 27.9 Å². The van der Waals surface area contributed by atoms with Gasteiger partial charge in [-0.2, -0.15) is 0 Å². The summed E-state index contributed by atoms with van der Waals surface area (Å²) < 4.78 is 0.981. The van der Waals surface area contributed by atoms with E-state index < -0.39 is 0 Å². The molecule has 0 fully saturated rings. The Labute approximate surface area is 132 Å². The minimum Gasteiger partial charge on any atom is -0.271 e. The Kier molecular flexibility index (Phi) is 4.13. The molecule has 2 aromatic carbocycles. The first-order valence-corrected chi connectivity index (χ1v) is 7.84. The molecule has 0 aliphatic heterocycles. The Bertz CT molecular complexity index is 609. The smallest absolute Gasteiger partial charge is 0.0466 e. The second-order valence-corrected chi connectivity index (χ2v) is 6.61. The van der Waals surface area contributed by atoms with Crippen LogP contribution in [0.4, 0.5) is 0 Å². The molecule has 3 N–H and O–H groups in total. The lowest BCUT2D eigenvalue weighted by Gasteiger charge is -2.33. The van der Waals surface area contributed by atoms with Crippen molar-refractivity contribution in [1.82, 2.24) is 5.43 Å². The van der Waals surface area contributed by atoms with E-state index in [2.05, 4.69) is 51.7 Å². The van der Waals surface area contributed by atoms with E-state index in [-0.39, 0.29) is 6.04 Å². The maximum atomic E-state index is 6.12. The average Bonchev–Trinajstić information content (AvgIpc) is 2.39. The SMILES string of the molecule is NNC(CC1Cc2ccccc21)c1cc(Cl)cc(Br)c1. The standard InChI is InChI=1S/C16H16BrClN2/c17-13-6-12(7-14(18)9-13)16(20-19)8-11-5-10-3-1-2-4-15(10)11/h1-4,6-7,9,11,16,20H,5,8,19H2. The Hall–Kier alpha value is -0.870. The van der Waals surface area contributed by atoms with Crippen LogP contribution in [0.3, 0.4) is 0 Å². The first-order chi connectivity index (χ1) is 9.67. The van der Waals surface area contributed by atoms with Crippen molar-refractivity contribution < 1.29 is 0 Å². The second-order valence-electron chi connectivity index (χ2n) is 5.26. The minimum absolute atomic E-state index is 0.114. The monoisotopic (exact) mass is 350 g/mol. The number of rotatable bonds is 4. The lowest BCUT2D eigenvalue weighted by atomic mass is 9.74. The third-order valence-corrected chi connectivity index (χ3v) is 4.65. The van der Waals surface area contributed by atoms with Gasteiger partial charge in [-0.25, -0.2) is 0 Å². The van der Waals surface area contributed by atoms with Gasteiger partial charge in [0.05, 0.1) is 0 Å². The van der Waals surface area contributed by atoms with Gasteiger partial charge in [0.25, 0.3) is 0 Å². The number of fused-ring (bicyclic) bond motifs is 1. The molecule has 20 heavy (non-hydrogen) atoms. The van der Waals surface area contributed by atoms with Crippen LogP contribution in [0, 0.1) is 0 Å². The van der Waals surface area contributed by atoms with E-state index >= 15 is 0 Å². The van der Waals surface area contributed by atoms with Gasteiger partial charge in [-0.3, -0.25) is 11.3 Å². The third kappa shape index (κ3) is 2.77. The van der Waals surface area contributed by atoms with E-state index in [1.54, 1.807) is 0 Å². The van der Waals surface area contributed by atoms with E-state index in [1.807, 2.05) is 12.1 Å². The summed E-state index contributed by atoms with van der Waals surface area (Å²) in [6, 6.07) is 14.7. The molecule has 2 unspecified atom stereocenters. The van der Waals surface area contributed by atoms with Crippen molar-refractivity contribution in [2.45, 2.75) is 24.8 Å². The van der Waals surface area contributed by atoms with Crippen LogP contribution in [0.15, 0.2) is 46.9 Å². The molecule has 3 rings (SSSR count). The van der Waals surface area contributed by atoms with Crippen molar-refractivity contribution in [3.63, 3.8) is 0 Å². The van der Waals surface area contributed by atoms with Crippen molar-refractivity contribution >= 4 is 27.5 Å². The normalized spacial score (nSPS) is 18.2. The van der Waals surface area contributed by atoms with Crippen molar-refractivity contribution in [1.29, 1.82) is 0 Å². The van der Waals surface area contributed by atoms with Gasteiger partial charge in [0, 0.05) is 15.5 Å². The molecule has 4 heteroatoms. The molecule has 0 saturated heterocycles. The summed E-state index contributed by atoms with van der Waals surface area (Å²) in [5, 5.41) is 0.726. The molecular weight excluding hydrogens is 336 g/mol. The molecule has 0 amide bonds. The maximum Gasteiger partial charge on any atom is 0.0466 e. The van der Waals surface area contributed by atoms with E-state index in [0.29, 0.717) is 5.92 Å². The van der Waals surface area contributed by atoms with Crippen molar-refractivity contribution in [2.24, 2.45) is 5.84 Å². The van der Waals surface area contributed by atoms with E-state index in [9.17, 15) is 0 Å². The number of hydrogen-bond acceptors (Lipinski definition) is 2.